The molecule has 1 N–H and O–H groups in total. The fraction of sp³-hybridized carbons (Fsp3) is 0.462. The SMILES string of the molecule is CCC(C(=O)OC)C(O)c1cc(OC)ccc1Br. The molecule has 2 atom stereocenters. The molecular weight excluding hydrogens is 300 g/mol. The zero-order chi connectivity index (χ0) is 13.7. The van der Waals surface area contributed by atoms with Crippen molar-refractivity contribution < 1.29 is 19.4 Å². The summed E-state index contributed by atoms with van der Waals surface area (Å²) in [5, 5.41) is 10.3. The van der Waals surface area contributed by atoms with Crippen molar-refractivity contribution in [2.75, 3.05) is 14.2 Å². The highest BCUT2D eigenvalue weighted by molar-refractivity contribution is 9.10. The van der Waals surface area contributed by atoms with Crippen molar-refractivity contribution in [2.24, 2.45) is 5.92 Å². The van der Waals surface area contributed by atoms with Gasteiger partial charge in [-0.1, -0.05) is 22.9 Å². The number of carbonyl (C=O) groups is 1. The second-order valence-electron chi connectivity index (χ2n) is 3.87. The first-order valence-electron chi connectivity index (χ1n) is 5.64. The lowest BCUT2D eigenvalue weighted by Gasteiger charge is -2.21. The molecule has 0 amide bonds. The van der Waals surface area contributed by atoms with Crippen molar-refractivity contribution in [3.63, 3.8) is 0 Å². The second-order valence-corrected chi connectivity index (χ2v) is 4.72. The molecule has 0 aliphatic carbocycles. The maximum Gasteiger partial charge on any atom is 0.311 e. The fourth-order valence-corrected chi connectivity index (χ4v) is 2.24. The molecule has 5 heteroatoms. The van der Waals surface area contributed by atoms with Crippen molar-refractivity contribution in [3.8, 4) is 5.75 Å². The molecule has 0 heterocycles. The van der Waals surface area contributed by atoms with Crippen LogP contribution >= 0.6 is 15.9 Å². The summed E-state index contributed by atoms with van der Waals surface area (Å²) in [5.41, 5.74) is 0.617. The van der Waals surface area contributed by atoms with Gasteiger partial charge in [0.15, 0.2) is 0 Å². The van der Waals surface area contributed by atoms with Crippen LogP contribution in [0.3, 0.4) is 0 Å². The molecule has 0 saturated heterocycles. The molecule has 2 unspecified atom stereocenters. The molecule has 4 nitrogen and oxygen atoms in total. The van der Waals surface area contributed by atoms with E-state index in [0.29, 0.717) is 17.7 Å². The Labute approximate surface area is 115 Å². The van der Waals surface area contributed by atoms with Crippen LogP contribution < -0.4 is 4.74 Å². The van der Waals surface area contributed by atoms with Gasteiger partial charge in [0.05, 0.1) is 26.2 Å². The van der Waals surface area contributed by atoms with Gasteiger partial charge >= 0.3 is 5.97 Å². The molecule has 1 aromatic rings. The van der Waals surface area contributed by atoms with Gasteiger partial charge in [0.25, 0.3) is 0 Å². The predicted molar refractivity (Wildman–Crippen MR) is 71.5 cm³/mol. The molecule has 0 saturated carbocycles. The summed E-state index contributed by atoms with van der Waals surface area (Å²) >= 11 is 3.36. The van der Waals surface area contributed by atoms with Crippen LogP contribution in [-0.4, -0.2) is 25.3 Å². The van der Waals surface area contributed by atoms with E-state index >= 15 is 0 Å². The van der Waals surface area contributed by atoms with Crippen molar-refractivity contribution in [1.29, 1.82) is 0 Å². The van der Waals surface area contributed by atoms with E-state index in [1.165, 1.54) is 7.11 Å². The zero-order valence-electron chi connectivity index (χ0n) is 10.6. The van der Waals surface area contributed by atoms with E-state index in [4.69, 9.17) is 9.47 Å². The Balaban J connectivity index is 3.07. The van der Waals surface area contributed by atoms with Gasteiger partial charge in [-0.05, 0) is 30.2 Å². The van der Waals surface area contributed by atoms with Gasteiger partial charge in [-0.3, -0.25) is 4.79 Å². The first-order valence-corrected chi connectivity index (χ1v) is 6.43. The summed E-state index contributed by atoms with van der Waals surface area (Å²) < 4.78 is 10.5. The molecule has 0 aliphatic rings. The minimum atomic E-state index is -0.924. The number of halogens is 1. The number of esters is 1. The molecule has 1 rings (SSSR count). The van der Waals surface area contributed by atoms with Crippen molar-refractivity contribution >= 4 is 21.9 Å². The minimum absolute atomic E-state index is 0.417. The minimum Gasteiger partial charge on any atom is -0.497 e. The molecule has 18 heavy (non-hydrogen) atoms. The van der Waals surface area contributed by atoms with E-state index in [0.717, 1.165) is 4.47 Å². The Morgan fingerprint density at radius 1 is 1.44 bits per heavy atom. The van der Waals surface area contributed by atoms with Crippen LogP contribution in [0.15, 0.2) is 22.7 Å². The number of hydrogen-bond acceptors (Lipinski definition) is 4. The van der Waals surface area contributed by atoms with Crippen LogP contribution in [0.1, 0.15) is 25.0 Å². The van der Waals surface area contributed by atoms with Crippen LogP contribution in [0.25, 0.3) is 0 Å². The average Bonchev–Trinajstić information content (AvgIpc) is 2.39. The van der Waals surface area contributed by atoms with Gasteiger partial charge in [-0.2, -0.15) is 0 Å². The monoisotopic (exact) mass is 316 g/mol. The van der Waals surface area contributed by atoms with Gasteiger partial charge in [0, 0.05) is 4.47 Å². The maximum atomic E-state index is 11.6. The Bertz CT molecular complexity index is 419. The third-order valence-corrected chi connectivity index (χ3v) is 3.57. The number of methoxy groups -OCH3 is 2. The lowest BCUT2D eigenvalue weighted by molar-refractivity contribution is -0.149. The normalized spacial score (nSPS) is 13.8. The summed E-state index contributed by atoms with van der Waals surface area (Å²) in [6.07, 6.45) is -0.427. The average molecular weight is 317 g/mol. The summed E-state index contributed by atoms with van der Waals surface area (Å²) in [7, 11) is 2.87. The van der Waals surface area contributed by atoms with E-state index < -0.39 is 18.0 Å². The quantitative estimate of drug-likeness (QED) is 0.849. The Hall–Kier alpha value is -1.07. The van der Waals surface area contributed by atoms with Crippen LogP contribution in [0, 0.1) is 5.92 Å². The maximum absolute atomic E-state index is 11.6. The highest BCUT2D eigenvalue weighted by Gasteiger charge is 2.28. The summed E-state index contributed by atoms with van der Waals surface area (Å²) in [4.78, 5) is 11.6. The van der Waals surface area contributed by atoms with Gasteiger partial charge in [-0.25, -0.2) is 0 Å². The van der Waals surface area contributed by atoms with E-state index in [1.54, 1.807) is 25.3 Å². The van der Waals surface area contributed by atoms with E-state index in [-0.39, 0.29) is 0 Å². The van der Waals surface area contributed by atoms with Gasteiger partial charge < -0.3 is 14.6 Å². The highest BCUT2D eigenvalue weighted by Crippen LogP contribution is 2.33. The summed E-state index contributed by atoms with van der Waals surface area (Å²) in [6, 6.07) is 5.27. The fourth-order valence-electron chi connectivity index (χ4n) is 1.76. The Morgan fingerprint density at radius 2 is 2.11 bits per heavy atom. The smallest absolute Gasteiger partial charge is 0.311 e. The number of carbonyl (C=O) groups excluding carboxylic acids is 1. The standard InChI is InChI=1S/C13H17BrO4/c1-4-9(13(16)18-3)12(15)10-7-8(17-2)5-6-11(10)14/h5-7,9,12,15H,4H2,1-3H3. The first-order chi connectivity index (χ1) is 8.54. The number of hydrogen-bond donors (Lipinski definition) is 1. The number of aliphatic hydroxyl groups is 1. The number of benzene rings is 1. The molecule has 0 fully saturated rings. The molecular formula is C13H17BrO4. The first kappa shape index (κ1) is 15.0. The van der Waals surface area contributed by atoms with Crippen molar-refractivity contribution in [3.05, 3.63) is 28.2 Å². The molecule has 0 spiro atoms. The Kier molecular flexibility index (Phi) is 5.62. The van der Waals surface area contributed by atoms with Crippen molar-refractivity contribution in [1.82, 2.24) is 0 Å². The van der Waals surface area contributed by atoms with Crippen LogP contribution in [0.4, 0.5) is 0 Å². The van der Waals surface area contributed by atoms with Crippen LogP contribution in [0.5, 0.6) is 5.75 Å². The van der Waals surface area contributed by atoms with Crippen molar-refractivity contribution in [2.45, 2.75) is 19.4 Å². The zero-order valence-corrected chi connectivity index (χ0v) is 12.2. The number of ether oxygens (including phenoxy) is 2. The molecule has 0 aromatic heterocycles. The van der Waals surface area contributed by atoms with Crippen LogP contribution in [-0.2, 0) is 9.53 Å². The largest absolute Gasteiger partial charge is 0.497 e. The highest BCUT2D eigenvalue weighted by atomic mass is 79.9. The molecule has 1 aromatic carbocycles. The van der Waals surface area contributed by atoms with E-state index in [2.05, 4.69) is 15.9 Å². The lowest BCUT2D eigenvalue weighted by Crippen LogP contribution is -2.23. The van der Waals surface area contributed by atoms with Crippen LogP contribution in [0.2, 0.25) is 0 Å². The predicted octanol–water partition coefficient (Wildman–Crippen LogP) is 2.69. The van der Waals surface area contributed by atoms with Gasteiger partial charge in [0.2, 0.25) is 0 Å². The third-order valence-electron chi connectivity index (χ3n) is 2.85. The topological polar surface area (TPSA) is 55.8 Å². The van der Waals surface area contributed by atoms with Gasteiger partial charge in [0.1, 0.15) is 5.75 Å². The van der Waals surface area contributed by atoms with E-state index in [9.17, 15) is 9.90 Å². The molecule has 100 valence electrons. The molecule has 0 radical (unpaired) electrons. The second kappa shape index (κ2) is 6.75. The summed E-state index contributed by atoms with van der Waals surface area (Å²) in [6.45, 7) is 1.83. The molecule has 0 bridgehead atoms. The number of rotatable bonds is 5. The summed E-state index contributed by atoms with van der Waals surface area (Å²) in [5.74, 6) is -0.370. The number of aliphatic hydroxyl groups excluding tert-OH is 1. The van der Waals surface area contributed by atoms with E-state index in [1.807, 2.05) is 6.92 Å². The Morgan fingerprint density at radius 3 is 2.61 bits per heavy atom. The third kappa shape index (κ3) is 3.23. The lowest BCUT2D eigenvalue weighted by atomic mass is 9.93. The molecule has 0 aliphatic heterocycles. The van der Waals surface area contributed by atoms with Gasteiger partial charge in [-0.15, -0.1) is 0 Å².